The van der Waals surface area contributed by atoms with E-state index < -0.39 is 0 Å². The summed E-state index contributed by atoms with van der Waals surface area (Å²) in [5.74, 6) is 1.23. The lowest BCUT2D eigenvalue weighted by Gasteiger charge is -2.44. The van der Waals surface area contributed by atoms with Crippen molar-refractivity contribution in [2.45, 2.75) is 50.6 Å². The van der Waals surface area contributed by atoms with Gasteiger partial charge in [-0.1, -0.05) is 19.9 Å². The van der Waals surface area contributed by atoms with Crippen molar-refractivity contribution < 1.29 is 0 Å². The molecule has 0 bridgehead atoms. The molecule has 1 aromatic rings. The first-order chi connectivity index (χ1) is 8.65. The third-order valence-electron chi connectivity index (χ3n) is 4.00. The van der Waals surface area contributed by atoms with Gasteiger partial charge in [0.15, 0.2) is 0 Å². The smallest absolute Gasteiger partial charge is 0.0596 e. The summed E-state index contributed by atoms with van der Waals surface area (Å²) in [6.07, 6.45) is 1.04. The van der Waals surface area contributed by atoms with Crippen molar-refractivity contribution in [3.63, 3.8) is 0 Å². The highest BCUT2D eigenvalue weighted by Crippen LogP contribution is 2.35. The fraction of sp³-hybridized carbons (Fsp3) is 0.714. The molecule has 1 aromatic heterocycles. The summed E-state index contributed by atoms with van der Waals surface area (Å²) in [6, 6.07) is 5.62. The molecule has 0 amide bonds. The molecule has 1 fully saturated rings. The monoisotopic (exact) mass is 284 g/mol. The van der Waals surface area contributed by atoms with Gasteiger partial charge in [-0.15, -0.1) is 11.3 Å². The van der Waals surface area contributed by atoms with Gasteiger partial charge in [0.1, 0.15) is 0 Å². The van der Waals surface area contributed by atoms with Crippen LogP contribution in [0.15, 0.2) is 17.5 Å². The van der Waals surface area contributed by atoms with Gasteiger partial charge in [-0.2, -0.15) is 11.8 Å². The first kappa shape index (κ1) is 14.4. The van der Waals surface area contributed by atoms with Gasteiger partial charge < -0.3 is 5.73 Å². The number of thiophene rings is 1. The molecule has 1 aliphatic heterocycles. The third kappa shape index (κ3) is 2.93. The van der Waals surface area contributed by atoms with Gasteiger partial charge in [0, 0.05) is 34.5 Å². The van der Waals surface area contributed by atoms with Gasteiger partial charge in [-0.05, 0) is 24.8 Å². The zero-order valence-corrected chi connectivity index (χ0v) is 13.1. The van der Waals surface area contributed by atoms with Gasteiger partial charge in [0.25, 0.3) is 0 Å². The minimum absolute atomic E-state index is 0.237. The van der Waals surface area contributed by atoms with Crippen molar-refractivity contribution in [1.82, 2.24) is 4.90 Å². The Bertz CT molecular complexity index is 353. The number of nitrogens with two attached hydrogens (primary N) is 1. The maximum absolute atomic E-state index is 6.41. The highest BCUT2D eigenvalue weighted by atomic mass is 32.2. The zero-order valence-electron chi connectivity index (χ0n) is 11.5. The molecule has 4 unspecified atom stereocenters. The van der Waals surface area contributed by atoms with Crippen LogP contribution in [-0.4, -0.2) is 34.5 Å². The van der Waals surface area contributed by atoms with Crippen LogP contribution in [0.5, 0.6) is 0 Å². The standard InChI is InChI=1S/C14H24N2S2/c1-4-12(15)14(13-6-5-8-18-13)16-7-9-17-11(3)10(16)2/h5-6,8,10-12,14H,4,7,9,15H2,1-3H3. The molecule has 4 heteroatoms. The van der Waals surface area contributed by atoms with Crippen molar-refractivity contribution in [2.75, 3.05) is 12.3 Å². The highest BCUT2D eigenvalue weighted by Gasteiger charge is 2.34. The highest BCUT2D eigenvalue weighted by molar-refractivity contribution is 8.00. The maximum Gasteiger partial charge on any atom is 0.0596 e. The minimum Gasteiger partial charge on any atom is -0.326 e. The van der Waals surface area contributed by atoms with Crippen LogP contribution in [-0.2, 0) is 0 Å². The van der Waals surface area contributed by atoms with E-state index in [1.54, 1.807) is 0 Å². The molecule has 18 heavy (non-hydrogen) atoms. The number of rotatable bonds is 4. The summed E-state index contributed by atoms with van der Waals surface area (Å²) in [4.78, 5) is 4.05. The normalized spacial score (nSPS) is 29.1. The predicted octanol–water partition coefficient (Wildman–Crippen LogP) is 3.35. The molecule has 4 atom stereocenters. The minimum atomic E-state index is 0.237. The largest absolute Gasteiger partial charge is 0.326 e. The van der Waals surface area contributed by atoms with E-state index in [1.165, 1.54) is 10.6 Å². The lowest BCUT2D eigenvalue weighted by Crippen LogP contribution is -2.51. The Morgan fingerprint density at radius 1 is 1.50 bits per heavy atom. The second-order valence-electron chi connectivity index (χ2n) is 5.09. The average Bonchev–Trinajstić information content (AvgIpc) is 2.88. The molecule has 2 nitrogen and oxygen atoms in total. The molecule has 2 N–H and O–H groups in total. The van der Waals surface area contributed by atoms with Crippen LogP contribution in [0.2, 0.25) is 0 Å². The molecule has 2 rings (SSSR count). The van der Waals surface area contributed by atoms with Crippen LogP contribution in [0.4, 0.5) is 0 Å². The van der Waals surface area contributed by atoms with Gasteiger partial charge in [0.05, 0.1) is 6.04 Å². The lowest BCUT2D eigenvalue weighted by atomic mass is 10.00. The lowest BCUT2D eigenvalue weighted by molar-refractivity contribution is 0.127. The summed E-state index contributed by atoms with van der Waals surface area (Å²) >= 11 is 3.93. The van der Waals surface area contributed by atoms with E-state index in [0.717, 1.165) is 13.0 Å². The second kappa shape index (κ2) is 6.42. The van der Waals surface area contributed by atoms with Crippen molar-refractivity contribution in [3.8, 4) is 0 Å². The van der Waals surface area contributed by atoms with E-state index >= 15 is 0 Å². The Labute approximate surface area is 119 Å². The summed E-state index contributed by atoms with van der Waals surface area (Å²) < 4.78 is 0. The van der Waals surface area contributed by atoms with E-state index in [-0.39, 0.29) is 6.04 Å². The van der Waals surface area contributed by atoms with E-state index in [1.807, 2.05) is 11.3 Å². The van der Waals surface area contributed by atoms with Crippen LogP contribution in [0.3, 0.4) is 0 Å². The summed E-state index contributed by atoms with van der Waals surface area (Å²) in [5.41, 5.74) is 6.41. The van der Waals surface area contributed by atoms with Crippen LogP contribution in [0.25, 0.3) is 0 Å². The Morgan fingerprint density at radius 3 is 2.89 bits per heavy atom. The third-order valence-corrected chi connectivity index (χ3v) is 6.28. The molecule has 1 saturated heterocycles. The molecule has 0 radical (unpaired) electrons. The van der Waals surface area contributed by atoms with Crippen molar-refractivity contribution in [3.05, 3.63) is 22.4 Å². The Balaban J connectivity index is 2.23. The van der Waals surface area contributed by atoms with E-state index in [9.17, 15) is 0 Å². The van der Waals surface area contributed by atoms with E-state index in [2.05, 4.69) is 54.9 Å². The summed E-state index contributed by atoms with van der Waals surface area (Å²) in [7, 11) is 0. The number of hydrogen-bond donors (Lipinski definition) is 1. The van der Waals surface area contributed by atoms with E-state index in [0.29, 0.717) is 17.3 Å². The first-order valence-electron chi connectivity index (χ1n) is 6.81. The molecular weight excluding hydrogens is 260 g/mol. The molecule has 2 heterocycles. The molecular formula is C14H24N2S2. The predicted molar refractivity (Wildman–Crippen MR) is 83.4 cm³/mol. The van der Waals surface area contributed by atoms with Crippen molar-refractivity contribution >= 4 is 23.1 Å². The number of hydrogen-bond acceptors (Lipinski definition) is 4. The molecule has 0 aliphatic carbocycles. The number of thioether (sulfide) groups is 1. The van der Waals surface area contributed by atoms with E-state index in [4.69, 9.17) is 5.73 Å². The zero-order chi connectivity index (χ0) is 13.1. The molecule has 0 saturated carbocycles. The molecule has 102 valence electrons. The summed E-state index contributed by atoms with van der Waals surface area (Å²) in [5, 5.41) is 2.86. The van der Waals surface area contributed by atoms with Crippen LogP contribution in [0, 0.1) is 0 Å². The van der Waals surface area contributed by atoms with Crippen LogP contribution < -0.4 is 5.73 Å². The van der Waals surface area contributed by atoms with Crippen LogP contribution in [0.1, 0.15) is 38.1 Å². The Morgan fingerprint density at radius 2 is 2.28 bits per heavy atom. The van der Waals surface area contributed by atoms with Gasteiger partial charge in [-0.3, -0.25) is 4.90 Å². The average molecular weight is 284 g/mol. The SMILES string of the molecule is CCC(N)C(c1cccs1)N1CCSC(C)C1C. The fourth-order valence-electron chi connectivity index (χ4n) is 2.65. The van der Waals surface area contributed by atoms with Gasteiger partial charge >= 0.3 is 0 Å². The number of nitrogens with zero attached hydrogens (tertiary/aromatic N) is 1. The quantitative estimate of drug-likeness (QED) is 0.919. The topological polar surface area (TPSA) is 29.3 Å². The Kier molecular flexibility index (Phi) is 5.13. The van der Waals surface area contributed by atoms with Gasteiger partial charge in [-0.25, -0.2) is 0 Å². The summed E-state index contributed by atoms with van der Waals surface area (Å²) in [6.45, 7) is 8.04. The molecule has 0 aromatic carbocycles. The van der Waals surface area contributed by atoms with Crippen molar-refractivity contribution in [1.29, 1.82) is 0 Å². The molecule has 0 spiro atoms. The Hall–Kier alpha value is -0.0300. The van der Waals surface area contributed by atoms with Crippen molar-refractivity contribution in [2.24, 2.45) is 5.73 Å². The first-order valence-corrected chi connectivity index (χ1v) is 8.74. The maximum atomic E-state index is 6.41. The molecule has 1 aliphatic rings. The van der Waals surface area contributed by atoms with Gasteiger partial charge in [0.2, 0.25) is 0 Å². The fourth-order valence-corrected chi connectivity index (χ4v) is 4.70. The van der Waals surface area contributed by atoms with Crippen LogP contribution >= 0.6 is 23.1 Å². The second-order valence-corrected chi connectivity index (χ2v) is 7.55.